The molecule has 0 unspecified atom stereocenters. The summed E-state index contributed by atoms with van der Waals surface area (Å²) in [6, 6.07) is 15.3. The van der Waals surface area contributed by atoms with Gasteiger partial charge in [0.15, 0.2) is 17.6 Å². The number of benzene rings is 2. The molecule has 5 rings (SSSR count). The lowest BCUT2D eigenvalue weighted by atomic mass is 10.0. The third kappa shape index (κ3) is 3.05. The average Bonchev–Trinajstić information content (AvgIpc) is 3.38. The fourth-order valence-electron chi connectivity index (χ4n) is 3.96. The number of fused-ring (bicyclic) bond motifs is 3. The van der Waals surface area contributed by atoms with Crippen LogP contribution in [0.5, 0.6) is 11.5 Å². The molecule has 0 saturated carbocycles. The first-order chi connectivity index (χ1) is 14.6. The standard InChI is InChI=1S/C24H18N2O4/c1-14(12-25)30-24(27)22-17-4-2-3-5-19(17)26-23-16(7-8-18(22)23)10-15-6-9-20-21(11-15)29-13-28-20/h2-6,9-11,14H,7-8,13H2,1H3/b16-10+/t14-/m0/s1. The lowest BCUT2D eigenvalue weighted by Gasteiger charge is -2.13. The summed E-state index contributed by atoms with van der Waals surface area (Å²) in [6.45, 7) is 1.80. The monoisotopic (exact) mass is 398 g/mol. The molecule has 6 heteroatoms. The topological polar surface area (TPSA) is 81.4 Å². The molecule has 0 amide bonds. The summed E-state index contributed by atoms with van der Waals surface area (Å²) in [7, 11) is 0. The van der Waals surface area contributed by atoms with E-state index in [0.717, 1.165) is 51.2 Å². The van der Waals surface area contributed by atoms with E-state index in [2.05, 4.69) is 6.08 Å². The second-order valence-electron chi connectivity index (χ2n) is 7.29. The zero-order valence-electron chi connectivity index (χ0n) is 16.3. The number of pyridine rings is 1. The zero-order chi connectivity index (χ0) is 20.7. The molecular formula is C24H18N2O4. The number of nitrogens with zero attached hydrogens (tertiary/aromatic N) is 2. The van der Waals surface area contributed by atoms with Crippen molar-refractivity contribution in [3.05, 3.63) is 64.8 Å². The molecule has 1 atom stereocenters. The highest BCUT2D eigenvalue weighted by Crippen LogP contribution is 2.39. The van der Waals surface area contributed by atoms with Crippen LogP contribution in [0, 0.1) is 11.3 Å². The number of allylic oxidation sites excluding steroid dienone is 1. The first-order valence-electron chi connectivity index (χ1n) is 9.77. The van der Waals surface area contributed by atoms with E-state index in [-0.39, 0.29) is 6.79 Å². The first-order valence-corrected chi connectivity index (χ1v) is 9.77. The van der Waals surface area contributed by atoms with Gasteiger partial charge in [0, 0.05) is 5.39 Å². The molecule has 0 N–H and O–H groups in total. The van der Waals surface area contributed by atoms with Crippen LogP contribution in [0.1, 0.15) is 40.5 Å². The van der Waals surface area contributed by atoms with E-state index in [1.165, 1.54) is 0 Å². The number of rotatable bonds is 3. The predicted octanol–water partition coefficient (Wildman–Crippen LogP) is 4.52. The predicted molar refractivity (Wildman–Crippen MR) is 111 cm³/mol. The van der Waals surface area contributed by atoms with Gasteiger partial charge in [-0.1, -0.05) is 24.3 Å². The van der Waals surface area contributed by atoms with E-state index in [4.69, 9.17) is 24.5 Å². The van der Waals surface area contributed by atoms with Crippen LogP contribution in [-0.2, 0) is 11.2 Å². The maximum Gasteiger partial charge on any atom is 0.340 e. The maximum absolute atomic E-state index is 12.9. The second kappa shape index (κ2) is 7.20. The van der Waals surface area contributed by atoms with Crippen molar-refractivity contribution < 1.29 is 19.0 Å². The number of ether oxygens (including phenoxy) is 3. The van der Waals surface area contributed by atoms with Crippen LogP contribution in [0.25, 0.3) is 22.6 Å². The van der Waals surface area contributed by atoms with Crippen molar-refractivity contribution >= 4 is 28.5 Å². The molecule has 1 aliphatic carbocycles. The highest BCUT2D eigenvalue weighted by molar-refractivity contribution is 6.07. The lowest BCUT2D eigenvalue weighted by molar-refractivity contribution is 0.0436. The van der Waals surface area contributed by atoms with Gasteiger partial charge in [-0.2, -0.15) is 5.26 Å². The van der Waals surface area contributed by atoms with Crippen molar-refractivity contribution in [2.24, 2.45) is 0 Å². The second-order valence-corrected chi connectivity index (χ2v) is 7.29. The molecule has 0 radical (unpaired) electrons. The molecule has 2 aliphatic rings. The molecule has 6 nitrogen and oxygen atoms in total. The Balaban J connectivity index is 1.62. The normalized spacial score (nSPS) is 16.3. The van der Waals surface area contributed by atoms with Crippen molar-refractivity contribution in [3.8, 4) is 17.6 Å². The van der Waals surface area contributed by atoms with Crippen LogP contribution in [0.15, 0.2) is 42.5 Å². The summed E-state index contributed by atoms with van der Waals surface area (Å²) in [4.78, 5) is 17.8. The first kappa shape index (κ1) is 18.2. The maximum atomic E-state index is 12.9. The van der Waals surface area contributed by atoms with Gasteiger partial charge in [0.05, 0.1) is 16.8 Å². The van der Waals surface area contributed by atoms with Gasteiger partial charge in [0.2, 0.25) is 6.79 Å². The van der Waals surface area contributed by atoms with Crippen LogP contribution in [0.4, 0.5) is 0 Å². The van der Waals surface area contributed by atoms with Crippen LogP contribution < -0.4 is 9.47 Å². The fraction of sp³-hybridized carbons (Fsp3) is 0.208. The molecular weight excluding hydrogens is 380 g/mol. The Bertz CT molecular complexity index is 1260. The molecule has 148 valence electrons. The van der Waals surface area contributed by atoms with Crippen molar-refractivity contribution in [2.45, 2.75) is 25.9 Å². The molecule has 3 aromatic rings. The molecule has 0 fully saturated rings. The van der Waals surface area contributed by atoms with Gasteiger partial charge < -0.3 is 14.2 Å². The van der Waals surface area contributed by atoms with E-state index in [0.29, 0.717) is 12.0 Å². The molecule has 1 aromatic heterocycles. The summed E-state index contributed by atoms with van der Waals surface area (Å²) in [5.41, 5.74) is 4.95. The van der Waals surface area contributed by atoms with Gasteiger partial charge in [-0.25, -0.2) is 9.78 Å². The highest BCUT2D eigenvalue weighted by atomic mass is 16.7. The largest absolute Gasteiger partial charge is 0.454 e. The molecule has 2 heterocycles. The van der Waals surface area contributed by atoms with Crippen LogP contribution in [-0.4, -0.2) is 23.9 Å². The third-order valence-corrected chi connectivity index (χ3v) is 5.35. The Kier molecular flexibility index (Phi) is 4.36. The van der Waals surface area contributed by atoms with Crippen molar-refractivity contribution in [2.75, 3.05) is 6.79 Å². The number of para-hydroxylation sites is 1. The molecule has 1 aliphatic heterocycles. The molecule has 0 saturated heterocycles. The number of carbonyl (C=O) groups is 1. The third-order valence-electron chi connectivity index (χ3n) is 5.35. The molecule has 0 spiro atoms. The van der Waals surface area contributed by atoms with Crippen molar-refractivity contribution in [1.29, 1.82) is 5.26 Å². The van der Waals surface area contributed by atoms with Gasteiger partial charge in [-0.15, -0.1) is 0 Å². The van der Waals surface area contributed by atoms with E-state index in [9.17, 15) is 4.79 Å². The number of hydrogen-bond acceptors (Lipinski definition) is 6. The van der Waals surface area contributed by atoms with Gasteiger partial charge in [-0.3, -0.25) is 0 Å². The molecule has 2 aromatic carbocycles. The van der Waals surface area contributed by atoms with Crippen LogP contribution >= 0.6 is 0 Å². The van der Waals surface area contributed by atoms with Gasteiger partial charge >= 0.3 is 5.97 Å². The highest BCUT2D eigenvalue weighted by Gasteiger charge is 2.28. The number of nitriles is 1. The summed E-state index contributed by atoms with van der Waals surface area (Å²) in [6.07, 6.45) is 2.71. The number of carbonyl (C=O) groups excluding carboxylic acids is 1. The Morgan fingerprint density at radius 3 is 2.90 bits per heavy atom. The average molecular weight is 398 g/mol. The Morgan fingerprint density at radius 1 is 1.20 bits per heavy atom. The number of esters is 1. The fourth-order valence-corrected chi connectivity index (χ4v) is 3.96. The van der Waals surface area contributed by atoms with Gasteiger partial charge in [-0.05, 0) is 60.7 Å². The molecule has 30 heavy (non-hydrogen) atoms. The Hall–Kier alpha value is -3.85. The van der Waals surface area contributed by atoms with Gasteiger partial charge in [0.1, 0.15) is 6.07 Å². The van der Waals surface area contributed by atoms with Crippen LogP contribution in [0.3, 0.4) is 0 Å². The summed E-state index contributed by atoms with van der Waals surface area (Å²) >= 11 is 0. The Labute approximate surface area is 173 Å². The van der Waals surface area contributed by atoms with E-state index in [1.54, 1.807) is 6.92 Å². The molecule has 0 bridgehead atoms. The van der Waals surface area contributed by atoms with E-state index < -0.39 is 12.1 Å². The van der Waals surface area contributed by atoms with Gasteiger partial charge in [0.25, 0.3) is 0 Å². The van der Waals surface area contributed by atoms with Crippen molar-refractivity contribution in [1.82, 2.24) is 4.98 Å². The minimum absolute atomic E-state index is 0.234. The summed E-state index contributed by atoms with van der Waals surface area (Å²) in [5.74, 6) is 0.983. The SMILES string of the molecule is C[C@@H](C#N)OC(=O)c1c2c(nc3ccccc13)/C(=C/c1ccc3c(c1)OCO3)CC2. The van der Waals surface area contributed by atoms with Crippen LogP contribution in [0.2, 0.25) is 0 Å². The lowest BCUT2D eigenvalue weighted by Crippen LogP contribution is -2.16. The minimum Gasteiger partial charge on any atom is -0.454 e. The smallest absolute Gasteiger partial charge is 0.340 e. The Morgan fingerprint density at radius 2 is 2.03 bits per heavy atom. The van der Waals surface area contributed by atoms with Crippen molar-refractivity contribution in [3.63, 3.8) is 0 Å². The number of hydrogen-bond donors (Lipinski definition) is 0. The zero-order valence-corrected chi connectivity index (χ0v) is 16.3. The minimum atomic E-state index is -0.815. The summed E-state index contributed by atoms with van der Waals surface area (Å²) in [5, 5.41) is 9.79. The summed E-state index contributed by atoms with van der Waals surface area (Å²) < 4.78 is 16.2. The quantitative estimate of drug-likeness (QED) is 0.604. The van der Waals surface area contributed by atoms with E-state index >= 15 is 0 Å². The van der Waals surface area contributed by atoms with E-state index in [1.807, 2.05) is 48.5 Å². The number of aromatic nitrogens is 1.